The van der Waals surface area contributed by atoms with Gasteiger partial charge in [-0.05, 0) is 38.5 Å². The Morgan fingerprint density at radius 3 is 2.53 bits per heavy atom. The monoisotopic (exact) mass is 255 g/mol. The molecule has 0 bridgehead atoms. The summed E-state index contributed by atoms with van der Waals surface area (Å²) in [7, 11) is 0. The number of benzene rings is 1. The van der Waals surface area contributed by atoms with Crippen LogP contribution in [0, 0.1) is 25.2 Å². The van der Waals surface area contributed by atoms with Gasteiger partial charge in [-0.15, -0.1) is 0 Å². The molecule has 0 aliphatic rings. The third-order valence-corrected chi connectivity index (χ3v) is 3.22. The molecular formula is C15H17N3O. The van der Waals surface area contributed by atoms with Crippen molar-refractivity contribution in [3.63, 3.8) is 0 Å². The average Bonchev–Trinajstić information content (AvgIpc) is 2.76. The van der Waals surface area contributed by atoms with Gasteiger partial charge in [-0.25, -0.2) is 0 Å². The molecule has 0 aliphatic carbocycles. The summed E-state index contributed by atoms with van der Waals surface area (Å²) in [6.07, 6.45) is 0. The molecule has 4 heteroatoms. The molecule has 1 atom stereocenters. The predicted octanol–water partition coefficient (Wildman–Crippen LogP) is 3.01. The van der Waals surface area contributed by atoms with Crippen LogP contribution in [0.1, 0.15) is 41.1 Å². The first-order chi connectivity index (χ1) is 9.11. The van der Waals surface area contributed by atoms with Crippen molar-refractivity contribution >= 4 is 0 Å². The highest BCUT2D eigenvalue weighted by Gasteiger charge is 2.15. The molecule has 0 saturated carbocycles. The second kappa shape index (κ2) is 5.68. The predicted molar refractivity (Wildman–Crippen MR) is 72.4 cm³/mol. The van der Waals surface area contributed by atoms with Gasteiger partial charge in [-0.1, -0.05) is 17.3 Å². The molecule has 98 valence electrons. The zero-order valence-corrected chi connectivity index (χ0v) is 11.4. The summed E-state index contributed by atoms with van der Waals surface area (Å²) in [6, 6.07) is 9.89. The van der Waals surface area contributed by atoms with Crippen molar-refractivity contribution in [2.45, 2.75) is 33.4 Å². The first kappa shape index (κ1) is 13.3. The number of aromatic nitrogens is 1. The van der Waals surface area contributed by atoms with E-state index in [2.05, 4.69) is 23.5 Å². The summed E-state index contributed by atoms with van der Waals surface area (Å²) in [5.41, 5.74) is 3.88. The summed E-state index contributed by atoms with van der Waals surface area (Å²) >= 11 is 0. The van der Waals surface area contributed by atoms with E-state index in [1.54, 1.807) is 0 Å². The molecule has 0 fully saturated rings. The molecule has 0 saturated heterocycles. The SMILES string of the molecule is Cc1noc(C)c1C(C)NCc1ccc(C#N)cc1. The number of nitrogens with zero attached hydrogens (tertiary/aromatic N) is 2. The fourth-order valence-corrected chi connectivity index (χ4v) is 2.18. The van der Waals surface area contributed by atoms with E-state index in [-0.39, 0.29) is 6.04 Å². The zero-order valence-electron chi connectivity index (χ0n) is 11.4. The minimum Gasteiger partial charge on any atom is -0.361 e. The second-order valence-corrected chi connectivity index (χ2v) is 4.65. The molecule has 0 radical (unpaired) electrons. The van der Waals surface area contributed by atoms with Crippen molar-refractivity contribution in [3.05, 3.63) is 52.4 Å². The van der Waals surface area contributed by atoms with Crippen molar-refractivity contribution < 1.29 is 4.52 Å². The number of hydrogen-bond acceptors (Lipinski definition) is 4. The number of hydrogen-bond donors (Lipinski definition) is 1. The van der Waals surface area contributed by atoms with Crippen LogP contribution in [-0.2, 0) is 6.54 Å². The van der Waals surface area contributed by atoms with Crippen LogP contribution in [0.4, 0.5) is 0 Å². The summed E-state index contributed by atoms with van der Waals surface area (Å²) in [5.74, 6) is 0.859. The van der Waals surface area contributed by atoms with Crippen LogP contribution >= 0.6 is 0 Å². The molecular weight excluding hydrogens is 238 g/mol. The van der Waals surface area contributed by atoms with Crippen LogP contribution in [0.5, 0.6) is 0 Å². The van der Waals surface area contributed by atoms with Gasteiger partial charge in [0.25, 0.3) is 0 Å². The summed E-state index contributed by atoms with van der Waals surface area (Å²) in [4.78, 5) is 0. The molecule has 0 aliphatic heterocycles. The quantitative estimate of drug-likeness (QED) is 0.912. The van der Waals surface area contributed by atoms with Crippen LogP contribution in [0.25, 0.3) is 0 Å². The van der Waals surface area contributed by atoms with Crippen molar-refractivity contribution in [2.24, 2.45) is 0 Å². The molecule has 0 amide bonds. The van der Waals surface area contributed by atoms with Gasteiger partial charge in [0.1, 0.15) is 5.76 Å². The lowest BCUT2D eigenvalue weighted by Gasteiger charge is -2.13. The highest BCUT2D eigenvalue weighted by Crippen LogP contribution is 2.21. The first-order valence-corrected chi connectivity index (χ1v) is 6.27. The first-order valence-electron chi connectivity index (χ1n) is 6.27. The highest BCUT2D eigenvalue weighted by molar-refractivity contribution is 5.31. The lowest BCUT2D eigenvalue weighted by atomic mass is 10.1. The molecule has 1 heterocycles. The minimum atomic E-state index is 0.182. The topological polar surface area (TPSA) is 61.9 Å². The van der Waals surface area contributed by atoms with Crippen LogP contribution in [0.3, 0.4) is 0 Å². The van der Waals surface area contributed by atoms with E-state index < -0.39 is 0 Å². The molecule has 2 rings (SSSR count). The molecule has 1 aromatic heterocycles. The van der Waals surface area contributed by atoms with Crippen LogP contribution in [0.2, 0.25) is 0 Å². The molecule has 1 unspecified atom stereocenters. The maximum atomic E-state index is 8.75. The Balaban J connectivity index is 2.00. The van der Waals surface area contributed by atoms with Crippen LogP contribution < -0.4 is 5.32 Å². The van der Waals surface area contributed by atoms with Gasteiger partial charge in [0.05, 0.1) is 17.3 Å². The molecule has 1 aromatic carbocycles. The Bertz CT molecular complexity index is 573. The van der Waals surface area contributed by atoms with Gasteiger partial charge in [0.2, 0.25) is 0 Å². The number of nitrogens with one attached hydrogen (secondary N) is 1. The highest BCUT2D eigenvalue weighted by atomic mass is 16.5. The van der Waals surface area contributed by atoms with E-state index >= 15 is 0 Å². The minimum absolute atomic E-state index is 0.182. The fourth-order valence-electron chi connectivity index (χ4n) is 2.18. The maximum absolute atomic E-state index is 8.75. The van der Waals surface area contributed by atoms with Gasteiger partial charge in [-0.3, -0.25) is 0 Å². The Labute approximate surface area is 113 Å². The average molecular weight is 255 g/mol. The van der Waals surface area contributed by atoms with Crippen molar-refractivity contribution in [2.75, 3.05) is 0 Å². The fraction of sp³-hybridized carbons (Fsp3) is 0.333. The van der Waals surface area contributed by atoms with Gasteiger partial charge in [-0.2, -0.15) is 5.26 Å². The molecule has 19 heavy (non-hydrogen) atoms. The Kier molecular flexibility index (Phi) is 3.98. The summed E-state index contributed by atoms with van der Waals surface area (Å²) in [5, 5.41) is 16.2. The van der Waals surface area contributed by atoms with Gasteiger partial charge in [0, 0.05) is 18.2 Å². The zero-order chi connectivity index (χ0) is 13.8. The Morgan fingerprint density at radius 1 is 1.32 bits per heavy atom. The summed E-state index contributed by atoms with van der Waals surface area (Å²) < 4.78 is 5.17. The third-order valence-electron chi connectivity index (χ3n) is 3.22. The van der Waals surface area contributed by atoms with E-state index in [4.69, 9.17) is 9.78 Å². The van der Waals surface area contributed by atoms with E-state index in [1.807, 2.05) is 38.1 Å². The van der Waals surface area contributed by atoms with E-state index in [0.717, 1.165) is 29.1 Å². The van der Waals surface area contributed by atoms with E-state index in [1.165, 1.54) is 0 Å². The maximum Gasteiger partial charge on any atom is 0.138 e. The number of nitriles is 1. The van der Waals surface area contributed by atoms with Gasteiger partial charge in [0.15, 0.2) is 0 Å². The lowest BCUT2D eigenvalue weighted by molar-refractivity contribution is 0.390. The van der Waals surface area contributed by atoms with Gasteiger partial charge < -0.3 is 9.84 Å². The van der Waals surface area contributed by atoms with Gasteiger partial charge >= 0.3 is 0 Å². The largest absolute Gasteiger partial charge is 0.361 e. The van der Waals surface area contributed by atoms with Crippen molar-refractivity contribution in [1.82, 2.24) is 10.5 Å². The molecule has 0 spiro atoms. The van der Waals surface area contributed by atoms with Crippen LogP contribution in [-0.4, -0.2) is 5.16 Å². The van der Waals surface area contributed by atoms with E-state index in [0.29, 0.717) is 5.56 Å². The molecule has 2 aromatic rings. The number of aryl methyl sites for hydroxylation is 2. The lowest BCUT2D eigenvalue weighted by Crippen LogP contribution is -2.19. The standard InChI is InChI=1S/C15H17N3O/c1-10(15-11(2)18-19-12(15)3)17-9-14-6-4-13(8-16)5-7-14/h4-7,10,17H,9H2,1-3H3. The van der Waals surface area contributed by atoms with Crippen LogP contribution in [0.15, 0.2) is 28.8 Å². The van der Waals surface area contributed by atoms with Crippen molar-refractivity contribution in [1.29, 1.82) is 5.26 Å². The molecule has 4 nitrogen and oxygen atoms in total. The Morgan fingerprint density at radius 2 is 2.00 bits per heavy atom. The number of rotatable bonds is 4. The molecule has 1 N–H and O–H groups in total. The Hall–Kier alpha value is -2.12. The second-order valence-electron chi connectivity index (χ2n) is 4.65. The normalized spacial score (nSPS) is 12.1. The summed E-state index contributed by atoms with van der Waals surface area (Å²) in [6.45, 7) is 6.72. The third kappa shape index (κ3) is 3.01. The van der Waals surface area contributed by atoms with Crippen molar-refractivity contribution in [3.8, 4) is 6.07 Å². The van der Waals surface area contributed by atoms with E-state index in [9.17, 15) is 0 Å². The smallest absolute Gasteiger partial charge is 0.138 e.